The van der Waals surface area contributed by atoms with Gasteiger partial charge < -0.3 is 5.73 Å². The molecule has 5 atom stereocenters. The van der Waals surface area contributed by atoms with Crippen LogP contribution < -0.4 is 5.73 Å². The van der Waals surface area contributed by atoms with Crippen LogP contribution in [0.2, 0.25) is 5.31 Å². The minimum Gasteiger partial charge on any atom is -0.327 e. The zero-order chi connectivity index (χ0) is 8.34. The van der Waals surface area contributed by atoms with E-state index in [0.29, 0.717) is 6.04 Å². The van der Waals surface area contributed by atoms with Crippen molar-refractivity contribution in [1.82, 2.24) is 0 Å². The molecular formula is C10H16BN. The Bertz CT molecular complexity index is 200. The maximum absolute atomic E-state index is 6.33. The van der Waals surface area contributed by atoms with Crippen LogP contribution in [0.1, 0.15) is 32.1 Å². The van der Waals surface area contributed by atoms with Crippen molar-refractivity contribution >= 4 is 7.85 Å². The van der Waals surface area contributed by atoms with E-state index in [0.717, 1.165) is 17.8 Å². The first-order chi connectivity index (χ1) is 5.66. The molecule has 12 heavy (non-hydrogen) atoms. The van der Waals surface area contributed by atoms with Crippen molar-refractivity contribution in [3.8, 4) is 0 Å². The maximum Gasteiger partial charge on any atom is 0.0746 e. The van der Waals surface area contributed by atoms with Gasteiger partial charge in [-0.25, -0.2) is 0 Å². The van der Waals surface area contributed by atoms with E-state index < -0.39 is 0 Å². The van der Waals surface area contributed by atoms with E-state index in [2.05, 4.69) is 0 Å². The highest BCUT2D eigenvalue weighted by Gasteiger charge is 2.51. The van der Waals surface area contributed by atoms with Crippen molar-refractivity contribution in [2.45, 2.75) is 43.5 Å². The molecule has 2 heteroatoms. The van der Waals surface area contributed by atoms with E-state index in [1.807, 2.05) is 0 Å². The molecule has 1 nitrogen and oxygen atoms in total. The Labute approximate surface area is 75.5 Å². The molecule has 4 aliphatic rings. The van der Waals surface area contributed by atoms with Crippen LogP contribution in [0.25, 0.3) is 0 Å². The van der Waals surface area contributed by atoms with Gasteiger partial charge in [0.1, 0.15) is 0 Å². The van der Waals surface area contributed by atoms with Crippen molar-refractivity contribution in [3.63, 3.8) is 0 Å². The fourth-order valence-corrected chi connectivity index (χ4v) is 4.13. The van der Waals surface area contributed by atoms with Gasteiger partial charge in [0.05, 0.1) is 7.85 Å². The summed E-state index contributed by atoms with van der Waals surface area (Å²) in [6.07, 6.45) is 6.45. The van der Waals surface area contributed by atoms with E-state index in [1.165, 1.54) is 32.1 Å². The van der Waals surface area contributed by atoms with Gasteiger partial charge in [-0.05, 0) is 30.6 Å². The number of rotatable bonds is 0. The molecule has 4 saturated carbocycles. The monoisotopic (exact) mass is 161 g/mol. The minimum absolute atomic E-state index is 0.201. The normalized spacial score (nSPS) is 62.4. The molecule has 0 amide bonds. The van der Waals surface area contributed by atoms with Gasteiger partial charge in [-0.15, -0.1) is 0 Å². The molecule has 4 fully saturated rings. The average molecular weight is 161 g/mol. The predicted octanol–water partition coefficient (Wildman–Crippen LogP) is 1.48. The Morgan fingerprint density at radius 3 is 2.17 bits per heavy atom. The van der Waals surface area contributed by atoms with E-state index >= 15 is 0 Å². The smallest absolute Gasteiger partial charge is 0.0746 e. The molecule has 0 aromatic rings. The van der Waals surface area contributed by atoms with Gasteiger partial charge in [-0.2, -0.15) is 0 Å². The lowest BCUT2D eigenvalue weighted by atomic mass is 9.42. The second kappa shape index (κ2) is 2.09. The Balaban J connectivity index is 1.95. The molecule has 3 unspecified atom stereocenters. The van der Waals surface area contributed by atoms with Crippen molar-refractivity contribution < 1.29 is 0 Å². The van der Waals surface area contributed by atoms with E-state index in [9.17, 15) is 0 Å². The molecule has 0 spiro atoms. The molecule has 0 aromatic carbocycles. The summed E-state index contributed by atoms with van der Waals surface area (Å²) in [4.78, 5) is 0. The third-order valence-corrected chi connectivity index (χ3v) is 4.39. The number of hydrogen-bond donors (Lipinski definition) is 1. The zero-order valence-electron chi connectivity index (χ0n) is 7.50. The lowest BCUT2D eigenvalue weighted by Gasteiger charge is -2.58. The molecule has 64 valence electrons. The summed E-state index contributed by atoms with van der Waals surface area (Å²) in [6.45, 7) is 0. The van der Waals surface area contributed by atoms with Gasteiger partial charge >= 0.3 is 0 Å². The summed E-state index contributed by atoms with van der Waals surface area (Å²) in [5.74, 6) is 2.45. The lowest BCUT2D eigenvalue weighted by molar-refractivity contribution is 0.0101. The molecule has 4 aliphatic carbocycles. The third kappa shape index (κ3) is 0.848. The van der Waals surface area contributed by atoms with Crippen LogP contribution in [-0.2, 0) is 0 Å². The van der Waals surface area contributed by atoms with Crippen LogP contribution in [0.5, 0.6) is 0 Å². The van der Waals surface area contributed by atoms with Crippen LogP contribution in [0.4, 0.5) is 0 Å². The van der Waals surface area contributed by atoms with Gasteiger partial charge in [0.15, 0.2) is 0 Å². The molecule has 0 aromatic heterocycles. The van der Waals surface area contributed by atoms with Crippen LogP contribution in [0.15, 0.2) is 0 Å². The molecule has 0 saturated heterocycles. The summed E-state index contributed by atoms with van der Waals surface area (Å²) in [6, 6.07) is 0.484. The molecule has 4 rings (SSSR count). The molecule has 4 bridgehead atoms. The predicted molar refractivity (Wildman–Crippen MR) is 50.0 cm³/mol. The lowest BCUT2D eigenvalue weighted by Crippen LogP contribution is -2.54. The Morgan fingerprint density at radius 2 is 1.67 bits per heavy atom. The van der Waals surface area contributed by atoms with Crippen LogP contribution in [0.3, 0.4) is 0 Å². The van der Waals surface area contributed by atoms with E-state index in [1.54, 1.807) is 0 Å². The highest BCUT2D eigenvalue weighted by atomic mass is 14.7. The molecule has 2 radical (unpaired) electrons. The SMILES string of the molecule is [B]C12CC3C[C@H](C1)C(N)[C@@H](C3)C2. The van der Waals surface area contributed by atoms with Gasteiger partial charge in [-0.3, -0.25) is 0 Å². The highest BCUT2D eigenvalue weighted by Crippen LogP contribution is 2.61. The minimum atomic E-state index is 0.201. The fraction of sp³-hybridized carbons (Fsp3) is 1.00. The summed E-state index contributed by atoms with van der Waals surface area (Å²) in [7, 11) is 6.33. The summed E-state index contributed by atoms with van der Waals surface area (Å²) in [5.41, 5.74) is 6.17. The first-order valence-electron chi connectivity index (χ1n) is 5.21. The second-order valence-electron chi connectivity index (χ2n) is 5.41. The van der Waals surface area contributed by atoms with Gasteiger partial charge in [0, 0.05) is 6.04 Å². The van der Waals surface area contributed by atoms with Gasteiger partial charge in [-0.1, -0.05) is 24.6 Å². The number of hydrogen-bond acceptors (Lipinski definition) is 1. The van der Waals surface area contributed by atoms with Crippen molar-refractivity contribution in [1.29, 1.82) is 0 Å². The molecule has 2 N–H and O–H groups in total. The van der Waals surface area contributed by atoms with Crippen LogP contribution in [0, 0.1) is 17.8 Å². The maximum atomic E-state index is 6.33. The number of nitrogens with two attached hydrogens (primary N) is 1. The quantitative estimate of drug-likeness (QED) is 0.535. The standard InChI is InChI=1S/C10H16BN/c11-10-3-6-1-7(4-10)9(12)8(2-6)5-10/h6-9H,1-5,12H2/t6?,7-,8+,9?,10?. The summed E-state index contributed by atoms with van der Waals surface area (Å²) >= 11 is 0. The van der Waals surface area contributed by atoms with Crippen LogP contribution >= 0.6 is 0 Å². The topological polar surface area (TPSA) is 26.0 Å². The molecule has 0 heterocycles. The van der Waals surface area contributed by atoms with Crippen molar-refractivity contribution in [2.75, 3.05) is 0 Å². The van der Waals surface area contributed by atoms with Crippen molar-refractivity contribution in [2.24, 2.45) is 23.5 Å². The Hall–Kier alpha value is 0.0249. The van der Waals surface area contributed by atoms with E-state index in [4.69, 9.17) is 13.6 Å². The van der Waals surface area contributed by atoms with Gasteiger partial charge in [0.2, 0.25) is 0 Å². The first kappa shape index (κ1) is 7.43. The molecular weight excluding hydrogens is 145 g/mol. The molecule has 0 aliphatic heterocycles. The van der Waals surface area contributed by atoms with Crippen molar-refractivity contribution in [3.05, 3.63) is 0 Å². The Kier molecular flexibility index (Phi) is 1.29. The van der Waals surface area contributed by atoms with Gasteiger partial charge in [0.25, 0.3) is 0 Å². The summed E-state index contributed by atoms with van der Waals surface area (Å²) in [5, 5.41) is 0.201. The fourth-order valence-electron chi connectivity index (χ4n) is 4.13. The summed E-state index contributed by atoms with van der Waals surface area (Å²) < 4.78 is 0. The Morgan fingerprint density at radius 1 is 1.08 bits per heavy atom. The highest BCUT2D eigenvalue weighted by molar-refractivity contribution is 6.15. The average Bonchev–Trinajstić information content (AvgIpc) is 1.96. The second-order valence-corrected chi connectivity index (χ2v) is 5.41. The largest absolute Gasteiger partial charge is 0.327 e. The van der Waals surface area contributed by atoms with Crippen LogP contribution in [-0.4, -0.2) is 13.9 Å². The van der Waals surface area contributed by atoms with E-state index in [-0.39, 0.29) is 5.31 Å². The first-order valence-corrected chi connectivity index (χ1v) is 5.21. The zero-order valence-corrected chi connectivity index (χ0v) is 7.50. The third-order valence-electron chi connectivity index (χ3n) is 4.39.